The highest BCUT2D eigenvalue weighted by molar-refractivity contribution is 5.78. The molecule has 0 radical (unpaired) electrons. The van der Waals surface area contributed by atoms with Gasteiger partial charge in [-0.25, -0.2) is 0 Å². The van der Waals surface area contributed by atoms with E-state index in [9.17, 15) is 9.59 Å². The van der Waals surface area contributed by atoms with Crippen LogP contribution in [-0.4, -0.2) is 59.8 Å². The van der Waals surface area contributed by atoms with Crippen molar-refractivity contribution in [3.63, 3.8) is 0 Å². The van der Waals surface area contributed by atoms with E-state index < -0.39 is 5.97 Å². The summed E-state index contributed by atoms with van der Waals surface area (Å²) in [4.78, 5) is 25.7. The fraction of sp³-hybridized carbons (Fsp3) is 0.905. The van der Waals surface area contributed by atoms with Gasteiger partial charge in [-0.15, -0.1) is 0 Å². The average molecular weight is 379 g/mol. The minimum atomic E-state index is -0.706. The molecule has 0 unspecified atom stereocenters. The van der Waals surface area contributed by atoms with Crippen molar-refractivity contribution >= 4 is 11.9 Å². The van der Waals surface area contributed by atoms with E-state index in [1.807, 2.05) is 0 Å². The molecule has 4 rings (SSSR count). The number of rotatable bonds is 8. The first-order valence-electron chi connectivity index (χ1n) is 11.0. The van der Waals surface area contributed by atoms with E-state index in [0.717, 1.165) is 64.7 Å². The zero-order valence-corrected chi connectivity index (χ0v) is 16.3. The Bertz CT molecular complexity index is 562. The first kappa shape index (κ1) is 19.2. The van der Waals surface area contributed by atoms with Gasteiger partial charge in [-0.05, 0) is 45.1 Å². The largest absolute Gasteiger partial charge is 0.481 e. The number of carbonyl (C=O) groups is 2. The summed E-state index contributed by atoms with van der Waals surface area (Å²) < 4.78 is 6.46. The van der Waals surface area contributed by atoms with Gasteiger partial charge in [0.05, 0.1) is 11.7 Å². The maximum absolute atomic E-state index is 12.5. The zero-order valence-electron chi connectivity index (χ0n) is 16.3. The third-order valence-electron chi connectivity index (χ3n) is 7.46. The van der Waals surface area contributed by atoms with Crippen LogP contribution in [0.15, 0.2) is 0 Å². The minimum Gasteiger partial charge on any atom is -0.481 e. The first-order chi connectivity index (χ1) is 13.1. The van der Waals surface area contributed by atoms with Crippen LogP contribution in [-0.2, 0) is 14.3 Å². The Morgan fingerprint density at radius 2 is 1.96 bits per heavy atom. The summed E-state index contributed by atoms with van der Waals surface area (Å²) in [6.07, 6.45) is 10.3. The number of ether oxygens (including phenoxy) is 1. The van der Waals surface area contributed by atoms with Gasteiger partial charge in [0, 0.05) is 43.8 Å². The smallest absolute Gasteiger partial charge is 0.303 e. The third kappa shape index (κ3) is 4.02. The van der Waals surface area contributed by atoms with Gasteiger partial charge in [0.15, 0.2) is 0 Å². The molecule has 4 fully saturated rings. The summed E-state index contributed by atoms with van der Waals surface area (Å²) in [5, 5.41) is 12.1. The second kappa shape index (κ2) is 8.08. The van der Waals surface area contributed by atoms with Crippen LogP contribution in [0.5, 0.6) is 0 Å². The molecule has 4 atom stereocenters. The topological polar surface area (TPSA) is 78.9 Å². The molecule has 1 spiro atoms. The highest BCUT2D eigenvalue weighted by Crippen LogP contribution is 2.54. The van der Waals surface area contributed by atoms with E-state index in [1.165, 1.54) is 19.3 Å². The molecule has 2 bridgehead atoms. The van der Waals surface area contributed by atoms with Crippen LogP contribution in [0, 0.1) is 17.8 Å². The number of likely N-dealkylation sites (tertiary alicyclic amines) is 1. The van der Waals surface area contributed by atoms with E-state index in [1.54, 1.807) is 0 Å². The molecule has 0 aromatic carbocycles. The molecule has 6 nitrogen and oxygen atoms in total. The van der Waals surface area contributed by atoms with Gasteiger partial charge in [-0.3, -0.25) is 9.59 Å². The minimum absolute atomic E-state index is 0.00228. The van der Waals surface area contributed by atoms with Crippen LogP contribution in [0.3, 0.4) is 0 Å². The second-order valence-corrected chi connectivity index (χ2v) is 9.20. The monoisotopic (exact) mass is 378 g/mol. The highest BCUT2D eigenvalue weighted by atomic mass is 16.5. The summed E-state index contributed by atoms with van der Waals surface area (Å²) in [6, 6.07) is 0. The van der Waals surface area contributed by atoms with E-state index in [-0.39, 0.29) is 23.8 Å². The molecule has 2 N–H and O–H groups in total. The molecule has 27 heavy (non-hydrogen) atoms. The van der Waals surface area contributed by atoms with Gasteiger partial charge in [-0.1, -0.05) is 19.3 Å². The van der Waals surface area contributed by atoms with E-state index in [2.05, 4.69) is 10.2 Å². The van der Waals surface area contributed by atoms with Crippen molar-refractivity contribution in [1.29, 1.82) is 0 Å². The number of hydrogen-bond donors (Lipinski definition) is 2. The fourth-order valence-corrected chi connectivity index (χ4v) is 6.07. The number of aliphatic carboxylic acids is 1. The van der Waals surface area contributed by atoms with Crippen molar-refractivity contribution < 1.29 is 19.4 Å². The molecular formula is C21H34N2O4. The summed E-state index contributed by atoms with van der Waals surface area (Å²) in [7, 11) is 0. The number of hydrogen-bond acceptors (Lipinski definition) is 4. The standard InChI is InChI=1S/C21H34N2O4/c24-19(25)8-4-5-11-23-13-17-16(18-9-10-21(17,14-23)27-18)12-22-20(26)15-6-2-1-3-7-15/h15-18H,1-14H2,(H,22,26)(H,24,25)/t16-,17+,18+,21+/m0/s1. The van der Waals surface area contributed by atoms with Crippen LogP contribution in [0.1, 0.15) is 64.2 Å². The Morgan fingerprint density at radius 3 is 2.74 bits per heavy atom. The van der Waals surface area contributed by atoms with Crippen molar-refractivity contribution in [1.82, 2.24) is 10.2 Å². The lowest BCUT2D eigenvalue weighted by molar-refractivity contribution is -0.137. The molecule has 6 heteroatoms. The number of amides is 1. The number of nitrogens with zero attached hydrogens (tertiary/aromatic N) is 1. The number of carboxylic acids is 1. The summed E-state index contributed by atoms with van der Waals surface area (Å²) in [5.41, 5.74) is -0.00228. The van der Waals surface area contributed by atoms with Gasteiger partial charge in [0.1, 0.15) is 0 Å². The Balaban J connectivity index is 1.27. The lowest BCUT2D eigenvalue weighted by atomic mass is 9.73. The van der Waals surface area contributed by atoms with E-state index >= 15 is 0 Å². The predicted molar refractivity (Wildman–Crippen MR) is 101 cm³/mol. The number of unbranched alkanes of at least 4 members (excludes halogenated alkanes) is 1. The van der Waals surface area contributed by atoms with Gasteiger partial charge >= 0.3 is 5.97 Å². The fourth-order valence-electron chi connectivity index (χ4n) is 6.07. The van der Waals surface area contributed by atoms with Crippen LogP contribution < -0.4 is 5.32 Å². The number of carbonyl (C=O) groups excluding carboxylic acids is 1. The second-order valence-electron chi connectivity index (χ2n) is 9.20. The lowest BCUT2D eigenvalue weighted by Gasteiger charge is -2.30. The summed E-state index contributed by atoms with van der Waals surface area (Å²) >= 11 is 0. The van der Waals surface area contributed by atoms with Gasteiger partial charge in [-0.2, -0.15) is 0 Å². The predicted octanol–water partition coefficient (Wildman–Crippen LogP) is 2.42. The number of nitrogens with one attached hydrogen (secondary N) is 1. The highest BCUT2D eigenvalue weighted by Gasteiger charge is 2.62. The molecule has 3 aliphatic heterocycles. The SMILES string of the molecule is O=C(O)CCCCN1C[C@@H]2[C@H](CNC(=O)C3CCCCC3)[C@H]3CC[C@]2(C1)O3. The molecule has 1 amide bonds. The third-order valence-corrected chi connectivity index (χ3v) is 7.46. The van der Waals surface area contributed by atoms with E-state index in [4.69, 9.17) is 9.84 Å². The van der Waals surface area contributed by atoms with Gasteiger partial charge in [0.25, 0.3) is 0 Å². The van der Waals surface area contributed by atoms with Gasteiger partial charge in [0.2, 0.25) is 5.91 Å². The summed E-state index contributed by atoms with van der Waals surface area (Å²) in [5.74, 6) is 0.733. The average Bonchev–Trinajstić information content (AvgIpc) is 3.32. The van der Waals surface area contributed by atoms with Crippen LogP contribution in [0.4, 0.5) is 0 Å². The van der Waals surface area contributed by atoms with Crippen LogP contribution in [0.25, 0.3) is 0 Å². The molecule has 4 aliphatic rings. The molecule has 3 saturated heterocycles. The molecule has 1 saturated carbocycles. The maximum atomic E-state index is 12.5. The van der Waals surface area contributed by atoms with E-state index in [0.29, 0.717) is 17.9 Å². The Kier molecular flexibility index (Phi) is 5.74. The molecule has 0 aromatic heterocycles. The zero-order chi connectivity index (χ0) is 18.9. The van der Waals surface area contributed by atoms with Crippen LogP contribution in [0.2, 0.25) is 0 Å². The number of carboxylic acid groups (broad SMARTS) is 1. The van der Waals surface area contributed by atoms with Crippen molar-refractivity contribution in [3.8, 4) is 0 Å². The summed E-state index contributed by atoms with van der Waals surface area (Å²) in [6.45, 7) is 3.74. The Morgan fingerprint density at radius 1 is 1.15 bits per heavy atom. The molecular weight excluding hydrogens is 344 g/mol. The Labute approximate surface area is 162 Å². The van der Waals surface area contributed by atoms with Crippen molar-refractivity contribution in [2.24, 2.45) is 17.8 Å². The number of fused-ring (bicyclic) bond motifs is 1. The van der Waals surface area contributed by atoms with Crippen molar-refractivity contribution in [2.75, 3.05) is 26.2 Å². The Hall–Kier alpha value is -1.14. The normalized spacial score (nSPS) is 36.1. The molecule has 3 heterocycles. The first-order valence-corrected chi connectivity index (χ1v) is 11.0. The van der Waals surface area contributed by atoms with Crippen LogP contribution >= 0.6 is 0 Å². The molecule has 0 aromatic rings. The maximum Gasteiger partial charge on any atom is 0.303 e. The molecule has 1 aliphatic carbocycles. The molecule has 152 valence electrons. The lowest BCUT2D eigenvalue weighted by Crippen LogP contribution is -2.43. The quantitative estimate of drug-likeness (QED) is 0.634. The van der Waals surface area contributed by atoms with Gasteiger partial charge < -0.3 is 20.1 Å². The van der Waals surface area contributed by atoms with Crippen molar-refractivity contribution in [3.05, 3.63) is 0 Å². The van der Waals surface area contributed by atoms with Crippen molar-refractivity contribution in [2.45, 2.75) is 75.9 Å².